The highest BCUT2D eigenvalue weighted by Gasteiger charge is 2.06. The monoisotopic (exact) mass is 158 g/mol. The number of allylic oxidation sites excluding steroid dienone is 2. The molecule has 1 unspecified atom stereocenters. The zero-order chi connectivity index (χ0) is 8.20. The lowest BCUT2D eigenvalue weighted by Gasteiger charge is -2.16. The second-order valence-corrected chi connectivity index (χ2v) is 6.17. The van der Waals surface area contributed by atoms with Gasteiger partial charge in [-0.05, 0) is 25.2 Å². The molecule has 0 aromatic heterocycles. The molecule has 1 heteroatoms. The smallest absolute Gasteiger partial charge is 0.0165 e. The van der Waals surface area contributed by atoms with Crippen LogP contribution in [-0.2, 0) is 0 Å². The van der Waals surface area contributed by atoms with Gasteiger partial charge in [0.15, 0.2) is 0 Å². The van der Waals surface area contributed by atoms with E-state index < -0.39 is 0 Å². The van der Waals surface area contributed by atoms with Gasteiger partial charge in [-0.3, -0.25) is 0 Å². The molecule has 1 atom stereocenters. The molecule has 0 N–H and O–H groups in total. The fourth-order valence-corrected chi connectivity index (χ4v) is 1.68. The van der Waals surface area contributed by atoms with E-state index in [4.69, 9.17) is 0 Å². The molecule has 0 aliphatic rings. The lowest BCUT2D eigenvalue weighted by atomic mass is 10.3. The second kappa shape index (κ2) is 4.13. The summed E-state index contributed by atoms with van der Waals surface area (Å²) in [5, 5.41) is 0.520. The van der Waals surface area contributed by atoms with E-state index in [2.05, 4.69) is 40.7 Å². The Morgan fingerprint density at radius 1 is 1.30 bits per heavy atom. The topological polar surface area (TPSA) is 0 Å². The van der Waals surface area contributed by atoms with Crippen molar-refractivity contribution < 1.29 is 0 Å². The minimum atomic E-state index is 0.520. The van der Waals surface area contributed by atoms with Crippen molar-refractivity contribution in [2.75, 3.05) is 6.16 Å². The Morgan fingerprint density at radius 2 is 1.80 bits per heavy atom. The van der Waals surface area contributed by atoms with Crippen molar-refractivity contribution in [3.05, 3.63) is 11.6 Å². The molecule has 0 radical (unpaired) electrons. The van der Waals surface area contributed by atoms with Crippen molar-refractivity contribution >= 4 is 8.58 Å². The molecule has 0 saturated heterocycles. The van der Waals surface area contributed by atoms with Gasteiger partial charge in [0.05, 0.1) is 0 Å². The summed E-state index contributed by atoms with van der Waals surface area (Å²) in [6.07, 6.45) is 3.58. The second-order valence-electron chi connectivity index (χ2n) is 3.91. The highest BCUT2D eigenvalue weighted by atomic mass is 31.1. The Morgan fingerprint density at radius 3 is 2.10 bits per heavy atom. The van der Waals surface area contributed by atoms with Crippen molar-refractivity contribution in [2.24, 2.45) is 0 Å². The molecule has 0 heterocycles. The SMILES string of the molecule is CC(C)=CCPC(C)(C)C. The average molecular weight is 158 g/mol. The fourth-order valence-electron chi connectivity index (χ4n) is 0.561. The minimum Gasteiger partial charge on any atom is -0.113 e. The van der Waals surface area contributed by atoms with E-state index >= 15 is 0 Å². The third kappa shape index (κ3) is 8.17. The van der Waals surface area contributed by atoms with Crippen LogP contribution >= 0.6 is 8.58 Å². The first kappa shape index (κ1) is 10.2. The Bertz CT molecular complexity index is 113. The summed E-state index contributed by atoms with van der Waals surface area (Å²) in [7, 11) is 1.06. The van der Waals surface area contributed by atoms with Crippen molar-refractivity contribution in [1.82, 2.24) is 0 Å². The summed E-state index contributed by atoms with van der Waals surface area (Å²) in [6, 6.07) is 0. The van der Waals surface area contributed by atoms with Crippen LogP contribution in [-0.4, -0.2) is 11.3 Å². The van der Waals surface area contributed by atoms with Crippen molar-refractivity contribution in [3.8, 4) is 0 Å². The molecule has 60 valence electrons. The normalized spacial score (nSPS) is 12.5. The minimum absolute atomic E-state index is 0.520. The van der Waals surface area contributed by atoms with Gasteiger partial charge in [-0.15, -0.1) is 8.58 Å². The zero-order valence-corrected chi connectivity index (χ0v) is 8.78. The first-order valence-corrected chi connectivity index (χ1v) is 5.01. The fraction of sp³-hybridized carbons (Fsp3) is 0.778. The quantitative estimate of drug-likeness (QED) is 0.426. The predicted molar refractivity (Wildman–Crippen MR) is 52.4 cm³/mol. The third-order valence-electron chi connectivity index (χ3n) is 1.14. The van der Waals surface area contributed by atoms with Crippen LogP contribution in [0.4, 0.5) is 0 Å². The van der Waals surface area contributed by atoms with Gasteiger partial charge in [-0.25, -0.2) is 0 Å². The van der Waals surface area contributed by atoms with Gasteiger partial charge >= 0.3 is 0 Å². The summed E-state index contributed by atoms with van der Waals surface area (Å²) in [5.74, 6) is 0. The maximum absolute atomic E-state index is 2.32. The molecule has 0 saturated carbocycles. The van der Waals surface area contributed by atoms with E-state index in [0.717, 1.165) is 8.58 Å². The summed E-state index contributed by atoms with van der Waals surface area (Å²) in [4.78, 5) is 0. The van der Waals surface area contributed by atoms with Gasteiger partial charge < -0.3 is 0 Å². The van der Waals surface area contributed by atoms with Crippen LogP contribution in [0, 0.1) is 0 Å². The third-order valence-corrected chi connectivity index (χ3v) is 2.61. The van der Waals surface area contributed by atoms with Crippen LogP contribution < -0.4 is 0 Å². The zero-order valence-electron chi connectivity index (χ0n) is 7.78. The van der Waals surface area contributed by atoms with Crippen LogP contribution in [0.3, 0.4) is 0 Å². The van der Waals surface area contributed by atoms with Crippen LogP contribution in [0.2, 0.25) is 0 Å². The molecule has 10 heavy (non-hydrogen) atoms. The Balaban J connectivity index is 3.47. The van der Waals surface area contributed by atoms with Gasteiger partial charge in [0.25, 0.3) is 0 Å². The Kier molecular flexibility index (Phi) is 4.20. The Labute approximate surface area is 66.9 Å². The molecule has 0 rings (SSSR count). The summed E-state index contributed by atoms with van der Waals surface area (Å²) in [6.45, 7) is 11.2. The highest BCUT2D eigenvalue weighted by molar-refractivity contribution is 7.40. The van der Waals surface area contributed by atoms with Crippen LogP contribution in [0.15, 0.2) is 11.6 Å². The van der Waals surface area contributed by atoms with E-state index in [0.29, 0.717) is 5.16 Å². The molecular weight excluding hydrogens is 139 g/mol. The summed E-state index contributed by atoms with van der Waals surface area (Å²) in [5.41, 5.74) is 1.44. The maximum atomic E-state index is 2.32. The molecule has 0 amide bonds. The standard InChI is InChI=1S/C9H19P/c1-8(2)6-7-10-9(3,4)5/h6,10H,7H2,1-5H3. The largest absolute Gasteiger partial charge is 0.113 e. The van der Waals surface area contributed by atoms with Crippen LogP contribution in [0.5, 0.6) is 0 Å². The van der Waals surface area contributed by atoms with E-state index in [1.807, 2.05) is 0 Å². The summed E-state index contributed by atoms with van der Waals surface area (Å²) < 4.78 is 0. The Hall–Kier alpha value is 0.170. The molecule has 0 spiro atoms. The lowest BCUT2D eigenvalue weighted by Crippen LogP contribution is -2.04. The van der Waals surface area contributed by atoms with E-state index in [9.17, 15) is 0 Å². The predicted octanol–water partition coefficient (Wildman–Crippen LogP) is 3.43. The van der Waals surface area contributed by atoms with E-state index in [-0.39, 0.29) is 0 Å². The molecule has 0 aliphatic carbocycles. The molecule has 0 fully saturated rings. The van der Waals surface area contributed by atoms with Gasteiger partial charge in [-0.2, -0.15) is 0 Å². The van der Waals surface area contributed by atoms with Gasteiger partial charge in [0.2, 0.25) is 0 Å². The van der Waals surface area contributed by atoms with Crippen molar-refractivity contribution in [2.45, 2.75) is 39.8 Å². The molecule has 0 bridgehead atoms. The first-order valence-electron chi connectivity index (χ1n) is 3.80. The molecule has 0 aromatic carbocycles. The van der Waals surface area contributed by atoms with E-state index in [1.165, 1.54) is 11.7 Å². The van der Waals surface area contributed by atoms with Gasteiger partial charge in [-0.1, -0.05) is 32.4 Å². The lowest BCUT2D eigenvalue weighted by molar-refractivity contribution is 0.795. The van der Waals surface area contributed by atoms with Gasteiger partial charge in [0, 0.05) is 0 Å². The maximum Gasteiger partial charge on any atom is -0.0165 e. The molecule has 0 aliphatic heterocycles. The molecule has 0 aromatic rings. The molecule has 0 nitrogen and oxygen atoms in total. The van der Waals surface area contributed by atoms with E-state index in [1.54, 1.807) is 0 Å². The van der Waals surface area contributed by atoms with Crippen molar-refractivity contribution in [3.63, 3.8) is 0 Å². The average Bonchev–Trinajstić information content (AvgIpc) is 1.59. The number of hydrogen-bond acceptors (Lipinski definition) is 0. The number of hydrogen-bond donors (Lipinski definition) is 0. The number of rotatable bonds is 2. The summed E-state index contributed by atoms with van der Waals surface area (Å²) >= 11 is 0. The van der Waals surface area contributed by atoms with Gasteiger partial charge in [0.1, 0.15) is 0 Å². The van der Waals surface area contributed by atoms with Crippen LogP contribution in [0.1, 0.15) is 34.6 Å². The highest BCUT2D eigenvalue weighted by Crippen LogP contribution is 2.30. The van der Waals surface area contributed by atoms with Crippen molar-refractivity contribution in [1.29, 1.82) is 0 Å². The molecular formula is C9H19P. The first-order chi connectivity index (χ1) is 4.42. The van der Waals surface area contributed by atoms with Crippen LogP contribution in [0.25, 0.3) is 0 Å².